The van der Waals surface area contributed by atoms with Crippen molar-refractivity contribution in [1.29, 1.82) is 0 Å². The summed E-state index contributed by atoms with van der Waals surface area (Å²) in [6.45, 7) is 5.25. The third-order valence-corrected chi connectivity index (χ3v) is 2.30. The molecular formula is C11H14F3N. The average Bonchev–Trinajstić information content (AvgIpc) is 2.19. The van der Waals surface area contributed by atoms with Crippen LogP contribution in [0.3, 0.4) is 0 Å². The van der Waals surface area contributed by atoms with E-state index >= 15 is 0 Å². The number of halogens is 3. The van der Waals surface area contributed by atoms with Gasteiger partial charge in [0.2, 0.25) is 0 Å². The first-order valence-corrected chi connectivity index (χ1v) is 4.91. The maximum atomic E-state index is 12.4. The van der Waals surface area contributed by atoms with Crippen molar-refractivity contribution in [1.82, 2.24) is 0 Å². The fourth-order valence-corrected chi connectivity index (χ4v) is 1.47. The molecule has 1 nitrogen and oxygen atoms in total. The van der Waals surface area contributed by atoms with Crippen LogP contribution in [-0.2, 0) is 6.18 Å². The van der Waals surface area contributed by atoms with Gasteiger partial charge in [-0.1, -0.05) is 6.07 Å². The Labute approximate surface area is 87.5 Å². The van der Waals surface area contributed by atoms with Gasteiger partial charge in [0.25, 0.3) is 0 Å². The molecule has 0 atom stereocenters. The van der Waals surface area contributed by atoms with Gasteiger partial charge in [-0.3, -0.25) is 0 Å². The van der Waals surface area contributed by atoms with E-state index in [2.05, 4.69) is 0 Å². The fraction of sp³-hybridized carbons (Fsp3) is 0.455. The highest BCUT2D eigenvalue weighted by molar-refractivity contribution is 5.49. The zero-order valence-electron chi connectivity index (χ0n) is 8.80. The Morgan fingerprint density at radius 1 is 1.13 bits per heavy atom. The molecule has 1 aromatic carbocycles. The molecule has 0 N–H and O–H groups in total. The molecule has 0 aliphatic heterocycles. The summed E-state index contributed by atoms with van der Waals surface area (Å²) in [7, 11) is 0. The summed E-state index contributed by atoms with van der Waals surface area (Å²) in [5.74, 6) is 0. The van der Waals surface area contributed by atoms with Crippen molar-refractivity contribution in [2.24, 2.45) is 0 Å². The summed E-state index contributed by atoms with van der Waals surface area (Å²) in [5, 5.41) is 0. The molecule has 0 radical (unpaired) electrons. The lowest BCUT2D eigenvalue weighted by molar-refractivity contribution is -0.137. The highest BCUT2D eigenvalue weighted by atomic mass is 19.4. The van der Waals surface area contributed by atoms with Gasteiger partial charge in [0, 0.05) is 18.8 Å². The van der Waals surface area contributed by atoms with Crippen molar-refractivity contribution in [3.8, 4) is 0 Å². The summed E-state index contributed by atoms with van der Waals surface area (Å²) >= 11 is 0. The first-order chi connectivity index (χ1) is 6.99. The van der Waals surface area contributed by atoms with Gasteiger partial charge in [-0.05, 0) is 32.0 Å². The van der Waals surface area contributed by atoms with E-state index in [0.717, 1.165) is 6.07 Å². The summed E-state index contributed by atoms with van der Waals surface area (Å²) in [6.07, 6.45) is -4.26. The van der Waals surface area contributed by atoms with Gasteiger partial charge in [0.1, 0.15) is 0 Å². The number of nitrogens with zero attached hydrogens (tertiary/aromatic N) is 1. The second-order valence-corrected chi connectivity index (χ2v) is 3.22. The number of rotatable bonds is 3. The van der Waals surface area contributed by atoms with Crippen LogP contribution in [0, 0.1) is 0 Å². The fourth-order valence-electron chi connectivity index (χ4n) is 1.47. The minimum Gasteiger partial charge on any atom is -0.372 e. The van der Waals surface area contributed by atoms with E-state index in [1.165, 1.54) is 12.1 Å². The van der Waals surface area contributed by atoms with Crippen molar-refractivity contribution in [3.05, 3.63) is 29.8 Å². The van der Waals surface area contributed by atoms with Crippen LogP contribution < -0.4 is 4.90 Å². The Hall–Kier alpha value is -1.19. The topological polar surface area (TPSA) is 3.24 Å². The lowest BCUT2D eigenvalue weighted by Gasteiger charge is -2.21. The van der Waals surface area contributed by atoms with Crippen molar-refractivity contribution in [2.45, 2.75) is 20.0 Å². The van der Waals surface area contributed by atoms with Gasteiger partial charge < -0.3 is 4.90 Å². The number of hydrogen-bond donors (Lipinski definition) is 0. The summed E-state index contributed by atoms with van der Waals surface area (Å²) < 4.78 is 37.3. The largest absolute Gasteiger partial charge is 0.416 e. The minimum absolute atomic E-state index is 0.591. The smallest absolute Gasteiger partial charge is 0.372 e. The predicted octanol–water partition coefficient (Wildman–Crippen LogP) is 3.55. The zero-order chi connectivity index (χ0) is 11.5. The summed E-state index contributed by atoms with van der Waals surface area (Å²) in [5.41, 5.74) is 0.0294. The van der Waals surface area contributed by atoms with E-state index < -0.39 is 11.7 Å². The molecule has 1 rings (SSSR count). The Morgan fingerprint density at radius 2 is 1.73 bits per heavy atom. The molecule has 0 bridgehead atoms. The lowest BCUT2D eigenvalue weighted by Crippen LogP contribution is -2.22. The molecule has 0 fully saturated rings. The number of hydrogen-bond acceptors (Lipinski definition) is 1. The quantitative estimate of drug-likeness (QED) is 0.748. The SMILES string of the molecule is CCN(CC)c1cccc(C(F)(F)F)c1. The molecule has 0 aliphatic rings. The second kappa shape index (κ2) is 4.55. The van der Waals surface area contributed by atoms with Crippen molar-refractivity contribution < 1.29 is 13.2 Å². The van der Waals surface area contributed by atoms with Crippen molar-refractivity contribution >= 4 is 5.69 Å². The number of anilines is 1. The Kier molecular flexibility index (Phi) is 3.61. The molecule has 0 amide bonds. The van der Waals surface area contributed by atoms with E-state index in [4.69, 9.17) is 0 Å². The van der Waals surface area contributed by atoms with Crippen LogP contribution in [0.5, 0.6) is 0 Å². The molecule has 0 saturated carbocycles. The van der Waals surface area contributed by atoms with Crippen molar-refractivity contribution in [2.75, 3.05) is 18.0 Å². The predicted molar refractivity (Wildman–Crippen MR) is 55.0 cm³/mol. The second-order valence-electron chi connectivity index (χ2n) is 3.22. The van der Waals surface area contributed by atoms with Crippen LogP contribution in [0.2, 0.25) is 0 Å². The molecule has 0 heterocycles. The van der Waals surface area contributed by atoms with Gasteiger partial charge in [0.05, 0.1) is 5.56 Å². The Bertz CT molecular complexity index is 316. The third kappa shape index (κ3) is 2.88. The molecule has 84 valence electrons. The molecule has 0 aliphatic carbocycles. The normalized spacial score (nSPS) is 11.5. The van der Waals surface area contributed by atoms with E-state index in [9.17, 15) is 13.2 Å². The van der Waals surface area contributed by atoms with E-state index in [-0.39, 0.29) is 0 Å². The highest BCUT2D eigenvalue weighted by Crippen LogP contribution is 2.31. The van der Waals surface area contributed by atoms with Gasteiger partial charge in [-0.25, -0.2) is 0 Å². The van der Waals surface area contributed by atoms with Gasteiger partial charge >= 0.3 is 6.18 Å². The first kappa shape index (κ1) is 11.9. The third-order valence-electron chi connectivity index (χ3n) is 2.30. The minimum atomic E-state index is -4.26. The molecule has 4 heteroatoms. The van der Waals surface area contributed by atoms with E-state index in [1.54, 1.807) is 6.07 Å². The van der Waals surface area contributed by atoms with E-state index in [1.807, 2.05) is 18.7 Å². The lowest BCUT2D eigenvalue weighted by atomic mass is 10.2. The summed E-state index contributed by atoms with van der Waals surface area (Å²) in [4.78, 5) is 1.88. The Morgan fingerprint density at radius 3 is 2.20 bits per heavy atom. The molecule has 15 heavy (non-hydrogen) atoms. The van der Waals surface area contributed by atoms with Crippen LogP contribution in [0.25, 0.3) is 0 Å². The molecular weight excluding hydrogens is 203 g/mol. The van der Waals surface area contributed by atoms with Gasteiger partial charge in [-0.2, -0.15) is 13.2 Å². The van der Waals surface area contributed by atoms with Crippen LogP contribution >= 0.6 is 0 Å². The highest BCUT2D eigenvalue weighted by Gasteiger charge is 2.30. The molecule has 1 aromatic rings. The molecule has 0 aromatic heterocycles. The molecule has 0 spiro atoms. The molecule has 0 unspecified atom stereocenters. The number of benzene rings is 1. The Balaban J connectivity index is 3.02. The zero-order valence-corrected chi connectivity index (χ0v) is 8.80. The molecule has 0 saturated heterocycles. The monoisotopic (exact) mass is 217 g/mol. The van der Waals surface area contributed by atoms with Gasteiger partial charge in [0.15, 0.2) is 0 Å². The standard InChI is InChI=1S/C11H14F3N/c1-3-15(4-2)10-7-5-6-9(8-10)11(12,13)14/h5-8H,3-4H2,1-2H3. The van der Waals surface area contributed by atoms with Crippen LogP contribution in [0.15, 0.2) is 24.3 Å². The first-order valence-electron chi connectivity index (χ1n) is 4.91. The van der Waals surface area contributed by atoms with Crippen LogP contribution in [0.4, 0.5) is 18.9 Å². The number of alkyl halides is 3. The van der Waals surface area contributed by atoms with Crippen molar-refractivity contribution in [3.63, 3.8) is 0 Å². The van der Waals surface area contributed by atoms with Crippen LogP contribution in [-0.4, -0.2) is 13.1 Å². The average molecular weight is 217 g/mol. The van der Waals surface area contributed by atoms with Gasteiger partial charge in [-0.15, -0.1) is 0 Å². The van der Waals surface area contributed by atoms with Crippen LogP contribution in [0.1, 0.15) is 19.4 Å². The maximum absolute atomic E-state index is 12.4. The summed E-state index contributed by atoms with van der Waals surface area (Å²) in [6, 6.07) is 5.42. The maximum Gasteiger partial charge on any atom is 0.416 e. The van der Waals surface area contributed by atoms with E-state index in [0.29, 0.717) is 18.8 Å².